The van der Waals surface area contributed by atoms with Crippen LogP contribution in [0.2, 0.25) is 0 Å². The molecule has 0 saturated heterocycles. The highest BCUT2D eigenvalue weighted by atomic mass is 16.2. The molecule has 0 saturated carbocycles. The Morgan fingerprint density at radius 2 is 2.28 bits per heavy atom. The maximum Gasteiger partial charge on any atom is 0.315 e. The number of amides is 2. The standard InChI is InChI=1S/C13H22N4O/c1-5-17-9-12(8-15-17)11(4)16-13(18)14-7-6-10(2)3/h6,8-9,11H,5,7H2,1-4H3,(H2,14,16,18). The molecular formula is C13H22N4O. The molecule has 1 atom stereocenters. The lowest BCUT2D eigenvalue weighted by Gasteiger charge is -2.12. The average Bonchev–Trinajstić information content (AvgIpc) is 2.76. The summed E-state index contributed by atoms with van der Waals surface area (Å²) in [5.74, 6) is 0. The van der Waals surface area contributed by atoms with Crippen LogP contribution in [0, 0.1) is 0 Å². The quantitative estimate of drug-likeness (QED) is 0.787. The van der Waals surface area contributed by atoms with Gasteiger partial charge >= 0.3 is 6.03 Å². The van der Waals surface area contributed by atoms with E-state index in [0.717, 1.165) is 12.1 Å². The molecular weight excluding hydrogens is 228 g/mol. The Kier molecular flexibility index (Phi) is 5.42. The highest BCUT2D eigenvalue weighted by Gasteiger charge is 2.10. The van der Waals surface area contributed by atoms with Crippen LogP contribution < -0.4 is 10.6 Å². The van der Waals surface area contributed by atoms with Gasteiger partial charge in [-0.1, -0.05) is 11.6 Å². The maximum absolute atomic E-state index is 11.6. The molecule has 2 amide bonds. The van der Waals surface area contributed by atoms with Gasteiger partial charge in [0.05, 0.1) is 12.2 Å². The van der Waals surface area contributed by atoms with Gasteiger partial charge in [-0.25, -0.2) is 4.79 Å². The van der Waals surface area contributed by atoms with E-state index in [0.29, 0.717) is 6.54 Å². The molecule has 5 nitrogen and oxygen atoms in total. The van der Waals surface area contributed by atoms with Gasteiger partial charge in [0.1, 0.15) is 0 Å². The Hall–Kier alpha value is -1.78. The van der Waals surface area contributed by atoms with Crippen molar-refractivity contribution >= 4 is 6.03 Å². The van der Waals surface area contributed by atoms with Gasteiger partial charge in [0.2, 0.25) is 0 Å². The van der Waals surface area contributed by atoms with Crippen LogP contribution in [0.25, 0.3) is 0 Å². The molecule has 0 aliphatic carbocycles. The van der Waals surface area contributed by atoms with Crippen LogP contribution in [0.4, 0.5) is 4.79 Å². The third kappa shape index (κ3) is 4.61. The summed E-state index contributed by atoms with van der Waals surface area (Å²) in [5, 5.41) is 9.84. The third-order valence-corrected chi connectivity index (χ3v) is 2.60. The van der Waals surface area contributed by atoms with Crippen molar-refractivity contribution in [2.24, 2.45) is 0 Å². The number of nitrogens with zero attached hydrogens (tertiary/aromatic N) is 2. The molecule has 1 aromatic heterocycles. The molecule has 18 heavy (non-hydrogen) atoms. The van der Waals surface area contributed by atoms with E-state index < -0.39 is 0 Å². The van der Waals surface area contributed by atoms with E-state index in [4.69, 9.17) is 0 Å². The number of hydrogen-bond donors (Lipinski definition) is 2. The fraction of sp³-hybridized carbons (Fsp3) is 0.538. The molecule has 1 heterocycles. The molecule has 0 spiro atoms. The second-order valence-corrected chi connectivity index (χ2v) is 4.49. The van der Waals surface area contributed by atoms with Crippen LogP contribution in [0.5, 0.6) is 0 Å². The molecule has 0 bridgehead atoms. The van der Waals surface area contributed by atoms with Gasteiger partial charge in [0.15, 0.2) is 0 Å². The van der Waals surface area contributed by atoms with Crippen molar-refractivity contribution < 1.29 is 4.79 Å². The Labute approximate surface area is 108 Å². The van der Waals surface area contributed by atoms with Crippen LogP contribution in [0.15, 0.2) is 24.0 Å². The van der Waals surface area contributed by atoms with Crippen molar-refractivity contribution in [3.8, 4) is 0 Å². The normalized spacial score (nSPS) is 11.8. The maximum atomic E-state index is 11.6. The third-order valence-electron chi connectivity index (χ3n) is 2.60. The number of urea groups is 1. The van der Waals surface area contributed by atoms with Crippen molar-refractivity contribution in [1.82, 2.24) is 20.4 Å². The lowest BCUT2D eigenvalue weighted by Crippen LogP contribution is -2.37. The molecule has 100 valence electrons. The lowest BCUT2D eigenvalue weighted by atomic mass is 10.2. The first kappa shape index (κ1) is 14.3. The molecule has 1 rings (SSSR count). The summed E-state index contributed by atoms with van der Waals surface area (Å²) in [6.07, 6.45) is 5.70. The zero-order chi connectivity index (χ0) is 13.5. The van der Waals surface area contributed by atoms with Gasteiger partial charge in [-0.15, -0.1) is 0 Å². The lowest BCUT2D eigenvalue weighted by molar-refractivity contribution is 0.239. The fourth-order valence-corrected chi connectivity index (χ4v) is 1.45. The van der Waals surface area contributed by atoms with Gasteiger partial charge in [-0.05, 0) is 27.7 Å². The van der Waals surface area contributed by atoms with Crippen molar-refractivity contribution in [1.29, 1.82) is 0 Å². The zero-order valence-electron chi connectivity index (χ0n) is 11.5. The van der Waals surface area contributed by atoms with E-state index in [-0.39, 0.29) is 12.1 Å². The number of carbonyl (C=O) groups is 1. The van der Waals surface area contributed by atoms with Crippen molar-refractivity contribution in [3.05, 3.63) is 29.6 Å². The summed E-state index contributed by atoms with van der Waals surface area (Å²) < 4.78 is 1.84. The molecule has 1 unspecified atom stereocenters. The van der Waals surface area contributed by atoms with Crippen molar-refractivity contribution in [3.63, 3.8) is 0 Å². The zero-order valence-corrected chi connectivity index (χ0v) is 11.5. The number of aromatic nitrogens is 2. The summed E-state index contributed by atoms with van der Waals surface area (Å²) in [6.45, 7) is 9.36. The van der Waals surface area contributed by atoms with Crippen molar-refractivity contribution in [2.45, 2.75) is 40.3 Å². The summed E-state index contributed by atoms with van der Waals surface area (Å²) >= 11 is 0. The molecule has 0 aliphatic heterocycles. The Balaban J connectivity index is 2.41. The van der Waals surface area contributed by atoms with Crippen molar-refractivity contribution in [2.75, 3.05) is 6.54 Å². The topological polar surface area (TPSA) is 59.0 Å². The predicted octanol–water partition coefficient (Wildman–Crippen LogP) is 2.23. The monoisotopic (exact) mass is 250 g/mol. The first-order valence-electron chi connectivity index (χ1n) is 6.23. The molecule has 5 heteroatoms. The molecule has 0 aromatic carbocycles. The van der Waals surface area contributed by atoms with Crippen LogP contribution in [-0.2, 0) is 6.54 Å². The van der Waals surface area contributed by atoms with E-state index in [1.54, 1.807) is 6.20 Å². The van der Waals surface area contributed by atoms with Gasteiger partial charge in [-0.2, -0.15) is 5.10 Å². The van der Waals surface area contributed by atoms with E-state index in [9.17, 15) is 4.79 Å². The van der Waals surface area contributed by atoms with Gasteiger partial charge in [-0.3, -0.25) is 4.68 Å². The second kappa shape index (κ2) is 6.83. The van der Waals surface area contributed by atoms with Gasteiger partial charge < -0.3 is 10.6 Å². The first-order valence-corrected chi connectivity index (χ1v) is 6.23. The van der Waals surface area contributed by atoms with Crippen LogP contribution in [-0.4, -0.2) is 22.4 Å². The van der Waals surface area contributed by atoms with Gasteiger partial charge in [0, 0.05) is 24.8 Å². The van der Waals surface area contributed by atoms with Crippen LogP contribution in [0.3, 0.4) is 0 Å². The summed E-state index contributed by atoms with van der Waals surface area (Å²) in [6, 6.07) is -0.207. The van der Waals surface area contributed by atoms with E-state index in [2.05, 4.69) is 15.7 Å². The Bertz CT molecular complexity index is 418. The number of rotatable bonds is 5. The molecule has 2 N–H and O–H groups in total. The molecule has 0 fully saturated rings. The number of hydrogen-bond acceptors (Lipinski definition) is 2. The minimum atomic E-state index is -0.163. The van der Waals surface area contributed by atoms with E-state index in [1.807, 2.05) is 44.6 Å². The summed E-state index contributed by atoms with van der Waals surface area (Å²) in [7, 11) is 0. The molecule has 0 aliphatic rings. The fourth-order valence-electron chi connectivity index (χ4n) is 1.45. The summed E-state index contributed by atoms with van der Waals surface area (Å²) in [5.41, 5.74) is 2.20. The first-order chi connectivity index (χ1) is 8.52. The van der Waals surface area contributed by atoms with Crippen LogP contribution in [0.1, 0.15) is 39.3 Å². The summed E-state index contributed by atoms with van der Waals surface area (Å²) in [4.78, 5) is 11.6. The Morgan fingerprint density at radius 3 is 2.83 bits per heavy atom. The highest BCUT2D eigenvalue weighted by Crippen LogP contribution is 2.10. The number of nitrogens with one attached hydrogen (secondary N) is 2. The number of allylic oxidation sites excluding steroid dienone is 1. The second-order valence-electron chi connectivity index (χ2n) is 4.49. The minimum Gasteiger partial charge on any atom is -0.335 e. The molecule has 1 aromatic rings. The number of aryl methyl sites for hydroxylation is 1. The minimum absolute atomic E-state index is 0.0444. The molecule has 0 radical (unpaired) electrons. The smallest absolute Gasteiger partial charge is 0.315 e. The predicted molar refractivity (Wildman–Crippen MR) is 72.3 cm³/mol. The van der Waals surface area contributed by atoms with E-state index >= 15 is 0 Å². The van der Waals surface area contributed by atoms with Gasteiger partial charge in [0.25, 0.3) is 0 Å². The highest BCUT2D eigenvalue weighted by molar-refractivity contribution is 5.74. The number of carbonyl (C=O) groups excluding carboxylic acids is 1. The van der Waals surface area contributed by atoms with E-state index in [1.165, 1.54) is 5.57 Å². The average molecular weight is 250 g/mol. The van der Waals surface area contributed by atoms with Crippen LogP contribution >= 0.6 is 0 Å². The SMILES string of the molecule is CCn1cc(C(C)NC(=O)NCC=C(C)C)cn1. The largest absolute Gasteiger partial charge is 0.335 e. The Morgan fingerprint density at radius 1 is 1.56 bits per heavy atom.